The van der Waals surface area contributed by atoms with Crippen LogP contribution in [0.1, 0.15) is 11.1 Å². The second kappa shape index (κ2) is 7.21. The third-order valence-electron chi connectivity index (χ3n) is 3.03. The number of nitrogens with zero attached hydrogens (tertiary/aromatic N) is 3. The van der Waals surface area contributed by atoms with Crippen molar-refractivity contribution >= 4 is 23.8 Å². The van der Waals surface area contributed by atoms with E-state index < -0.39 is 6.03 Å². The molecule has 2 aromatic rings. The Morgan fingerprint density at radius 1 is 1.23 bits per heavy atom. The minimum atomic E-state index is -0.428. The molecule has 0 aliphatic rings. The average Bonchev–Trinajstić information content (AvgIpc) is 2.50. The Hall–Kier alpha value is -2.89. The molecule has 1 aromatic carbocycles. The maximum Gasteiger partial charge on any atom is 0.340 e. The van der Waals surface area contributed by atoms with Gasteiger partial charge in [0.15, 0.2) is 0 Å². The summed E-state index contributed by atoms with van der Waals surface area (Å²) in [6.45, 7) is 1.87. The lowest BCUT2D eigenvalue weighted by molar-refractivity contribution is 0.252. The van der Waals surface area contributed by atoms with Crippen LogP contribution in [0.3, 0.4) is 0 Å². The lowest BCUT2D eigenvalue weighted by atomic mass is 10.2. The van der Waals surface area contributed by atoms with Crippen LogP contribution in [-0.2, 0) is 0 Å². The van der Waals surface area contributed by atoms with Crippen LogP contribution in [0.25, 0.3) is 0 Å². The van der Waals surface area contributed by atoms with Gasteiger partial charge in [-0.25, -0.2) is 15.2 Å². The topological polar surface area (TPSA) is 69.6 Å². The van der Waals surface area contributed by atoms with E-state index in [4.69, 9.17) is 0 Å². The number of hydrogen-bond acceptors (Lipinski definition) is 4. The van der Waals surface area contributed by atoms with Gasteiger partial charge in [-0.05, 0) is 36.2 Å². The SMILES string of the molecule is Cc1cccnc1NC(=O)N/N=C/c1ccc(N(C)C)cc1. The van der Waals surface area contributed by atoms with Crippen molar-refractivity contribution in [2.24, 2.45) is 5.10 Å². The van der Waals surface area contributed by atoms with Gasteiger partial charge < -0.3 is 4.90 Å². The van der Waals surface area contributed by atoms with E-state index in [0.717, 1.165) is 16.8 Å². The highest BCUT2D eigenvalue weighted by molar-refractivity contribution is 5.90. The number of aryl methyl sites for hydroxylation is 1. The van der Waals surface area contributed by atoms with E-state index in [-0.39, 0.29) is 0 Å². The number of pyridine rings is 1. The average molecular weight is 297 g/mol. The monoisotopic (exact) mass is 297 g/mol. The van der Waals surface area contributed by atoms with Crippen molar-refractivity contribution in [2.45, 2.75) is 6.92 Å². The third-order valence-corrected chi connectivity index (χ3v) is 3.03. The highest BCUT2D eigenvalue weighted by Crippen LogP contribution is 2.11. The molecule has 0 aliphatic carbocycles. The fraction of sp³-hybridized carbons (Fsp3) is 0.188. The van der Waals surface area contributed by atoms with Crippen LogP contribution in [0, 0.1) is 6.92 Å². The van der Waals surface area contributed by atoms with Gasteiger partial charge in [0.2, 0.25) is 0 Å². The quantitative estimate of drug-likeness (QED) is 0.673. The molecule has 0 bridgehead atoms. The fourth-order valence-electron chi connectivity index (χ4n) is 1.78. The normalized spacial score (nSPS) is 10.5. The molecule has 6 heteroatoms. The second-order valence-corrected chi connectivity index (χ2v) is 4.98. The molecule has 114 valence electrons. The van der Waals surface area contributed by atoms with Crippen molar-refractivity contribution in [3.63, 3.8) is 0 Å². The first kappa shape index (κ1) is 15.5. The van der Waals surface area contributed by atoms with Crippen LogP contribution in [0.5, 0.6) is 0 Å². The van der Waals surface area contributed by atoms with Gasteiger partial charge in [0.1, 0.15) is 5.82 Å². The van der Waals surface area contributed by atoms with Gasteiger partial charge in [0, 0.05) is 26.0 Å². The number of hydrogen-bond donors (Lipinski definition) is 2. The minimum absolute atomic E-state index is 0.428. The zero-order chi connectivity index (χ0) is 15.9. The Kier molecular flexibility index (Phi) is 5.08. The molecule has 0 aliphatic heterocycles. The minimum Gasteiger partial charge on any atom is -0.378 e. The van der Waals surface area contributed by atoms with Gasteiger partial charge in [0.25, 0.3) is 0 Å². The van der Waals surface area contributed by atoms with E-state index in [1.807, 2.05) is 62.3 Å². The van der Waals surface area contributed by atoms with Crippen LogP contribution in [0.2, 0.25) is 0 Å². The van der Waals surface area contributed by atoms with E-state index >= 15 is 0 Å². The van der Waals surface area contributed by atoms with Crippen molar-refractivity contribution in [1.29, 1.82) is 0 Å². The van der Waals surface area contributed by atoms with Crippen molar-refractivity contribution in [3.8, 4) is 0 Å². The first-order valence-electron chi connectivity index (χ1n) is 6.85. The predicted molar refractivity (Wildman–Crippen MR) is 89.5 cm³/mol. The molecular formula is C16H19N5O. The highest BCUT2D eigenvalue weighted by Gasteiger charge is 2.03. The molecule has 1 aromatic heterocycles. The molecule has 0 spiro atoms. The summed E-state index contributed by atoms with van der Waals surface area (Å²) in [5.41, 5.74) is 5.31. The first-order chi connectivity index (χ1) is 10.6. The number of hydrazone groups is 1. The molecule has 0 atom stereocenters. The largest absolute Gasteiger partial charge is 0.378 e. The standard InChI is InChI=1S/C16H19N5O/c1-12-5-4-10-17-15(12)19-16(22)20-18-11-13-6-8-14(9-7-13)21(2)3/h4-11H,1-3H3,(H2,17,19,20,22)/b18-11+. The third kappa shape index (κ3) is 4.31. The van der Waals surface area contributed by atoms with Crippen molar-refractivity contribution in [2.75, 3.05) is 24.3 Å². The summed E-state index contributed by atoms with van der Waals surface area (Å²) in [5.74, 6) is 0.519. The van der Waals surface area contributed by atoms with E-state index in [2.05, 4.69) is 20.8 Å². The van der Waals surface area contributed by atoms with E-state index in [1.54, 1.807) is 12.4 Å². The van der Waals surface area contributed by atoms with Crippen molar-refractivity contribution in [3.05, 3.63) is 53.7 Å². The molecule has 2 rings (SSSR count). The van der Waals surface area contributed by atoms with Gasteiger partial charge in [-0.15, -0.1) is 0 Å². The number of amides is 2. The summed E-state index contributed by atoms with van der Waals surface area (Å²) in [4.78, 5) is 17.8. The molecule has 1 heterocycles. The molecule has 0 saturated heterocycles. The Morgan fingerprint density at radius 2 is 1.95 bits per heavy atom. The number of nitrogens with one attached hydrogen (secondary N) is 2. The maximum absolute atomic E-state index is 11.7. The zero-order valence-electron chi connectivity index (χ0n) is 12.9. The molecular weight excluding hydrogens is 278 g/mol. The Balaban J connectivity index is 1.89. The van der Waals surface area contributed by atoms with Crippen LogP contribution in [0.4, 0.5) is 16.3 Å². The summed E-state index contributed by atoms with van der Waals surface area (Å²) in [7, 11) is 3.96. The smallest absolute Gasteiger partial charge is 0.340 e. The highest BCUT2D eigenvalue weighted by atomic mass is 16.2. The first-order valence-corrected chi connectivity index (χ1v) is 6.85. The van der Waals surface area contributed by atoms with Crippen molar-refractivity contribution in [1.82, 2.24) is 10.4 Å². The van der Waals surface area contributed by atoms with Crippen molar-refractivity contribution < 1.29 is 4.79 Å². The van der Waals surface area contributed by atoms with Gasteiger partial charge in [-0.1, -0.05) is 18.2 Å². The van der Waals surface area contributed by atoms with Crippen LogP contribution < -0.4 is 15.6 Å². The lowest BCUT2D eigenvalue weighted by Crippen LogP contribution is -2.25. The summed E-state index contributed by atoms with van der Waals surface area (Å²) in [6, 6.07) is 11.1. The number of carbonyl (C=O) groups excluding carboxylic acids is 1. The number of rotatable bonds is 4. The molecule has 2 amide bonds. The Bertz CT molecular complexity index is 664. The van der Waals surface area contributed by atoms with Gasteiger partial charge in [-0.2, -0.15) is 5.10 Å². The molecule has 6 nitrogen and oxygen atoms in total. The summed E-state index contributed by atoms with van der Waals surface area (Å²) < 4.78 is 0. The molecule has 0 radical (unpaired) electrons. The molecule has 2 N–H and O–H groups in total. The number of anilines is 2. The number of carbonyl (C=O) groups is 1. The number of benzene rings is 1. The Morgan fingerprint density at radius 3 is 2.59 bits per heavy atom. The van der Waals surface area contributed by atoms with Crippen LogP contribution in [0.15, 0.2) is 47.7 Å². The lowest BCUT2D eigenvalue weighted by Gasteiger charge is -2.11. The fourth-order valence-corrected chi connectivity index (χ4v) is 1.78. The van der Waals surface area contributed by atoms with Gasteiger partial charge in [-0.3, -0.25) is 5.32 Å². The van der Waals surface area contributed by atoms with Crippen LogP contribution in [-0.4, -0.2) is 31.3 Å². The Labute approximate surface area is 129 Å². The van der Waals surface area contributed by atoms with E-state index in [1.165, 1.54) is 0 Å². The van der Waals surface area contributed by atoms with Gasteiger partial charge >= 0.3 is 6.03 Å². The van der Waals surface area contributed by atoms with Crippen LogP contribution >= 0.6 is 0 Å². The molecule has 0 saturated carbocycles. The predicted octanol–water partition coefficient (Wildman–Crippen LogP) is 2.61. The zero-order valence-corrected chi connectivity index (χ0v) is 12.9. The molecule has 22 heavy (non-hydrogen) atoms. The molecule has 0 fully saturated rings. The molecule has 0 unspecified atom stereocenters. The number of aromatic nitrogens is 1. The summed E-state index contributed by atoms with van der Waals surface area (Å²) in [5, 5.41) is 6.55. The van der Waals surface area contributed by atoms with E-state index in [9.17, 15) is 4.79 Å². The summed E-state index contributed by atoms with van der Waals surface area (Å²) >= 11 is 0. The second-order valence-electron chi connectivity index (χ2n) is 4.98. The van der Waals surface area contributed by atoms with E-state index in [0.29, 0.717) is 5.82 Å². The maximum atomic E-state index is 11.7. The van der Waals surface area contributed by atoms with Gasteiger partial charge in [0.05, 0.1) is 6.21 Å². The number of urea groups is 1. The summed E-state index contributed by atoms with van der Waals surface area (Å²) in [6.07, 6.45) is 3.21.